The standard InChI is InChI=1S/C21H18N4O2S/c1-13-7-3-6-10-18(13)25-20(27)15-8-4-5-9-17(15)24-21(25)28-12-19(26)16(11-22)14(2)23/h3-10H,12,23H2,1-2H3/b16-14+. The largest absolute Gasteiger partial charge is 0.401 e. The lowest BCUT2D eigenvalue weighted by Gasteiger charge is -2.15. The zero-order valence-corrected chi connectivity index (χ0v) is 16.3. The van der Waals surface area contributed by atoms with Gasteiger partial charge in [0.15, 0.2) is 10.9 Å². The van der Waals surface area contributed by atoms with Gasteiger partial charge in [0.05, 0.1) is 22.3 Å². The van der Waals surface area contributed by atoms with E-state index in [9.17, 15) is 9.59 Å². The molecule has 3 aromatic rings. The van der Waals surface area contributed by atoms with E-state index < -0.39 is 5.78 Å². The van der Waals surface area contributed by atoms with Crippen LogP contribution in [0, 0.1) is 18.3 Å². The first-order chi connectivity index (χ1) is 13.4. The number of Topliss-reactive ketones (excluding diaryl/α,β-unsaturated/α-hetero) is 1. The second-order valence-corrected chi connectivity index (χ2v) is 7.16. The zero-order chi connectivity index (χ0) is 20.3. The number of benzene rings is 2. The molecule has 2 aromatic carbocycles. The predicted molar refractivity (Wildman–Crippen MR) is 110 cm³/mol. The number of hydrogen-bond donors (Lipinski definition) is 1. The maximum Gasteiger partial charge on any atom is 0.266 e. The van der Waals surface area contributed by atoms with Gasteiger partial charge in [0.2, 0.25) is 0 Å². The summed E-state index contributed by atoms with van der Waals surface area (Å²) in [6.07, 6.45) is 0. The summed E-state index contributed by atoms with van der Waals surface area (Å²) in [4.78, 5) is 30.1. The van der Waals surface area contributed by atoms with Crippen LogP contribution in [0.4, 0.5) is 0 Å². The monoisotopic (exact) mass is 390 g/mol. The Morgan fingerprint density at radius 3 is 2.57 bits per heavy atom. The SMILES string of the molecule is C/C(N)=C(/C#N)C(=O)CSc1nc2ccccc2c(=O)n1-c1ccccc1C. The first kappa shape index (κ1) is 19.4. The van der Waals surface area contributed by atoms with Gasteiger partial charge in [-0.05, 0) is 37.6 Å². The highest BCUT2D eigenvalue weighted by atomic mass is 32.2. The molecule has 2 N–H and O–H groups in total. The minimum absolute atomic E-state index is 0.0475. The number of ketones is 1. The zero-order valence-electron chi connectivity index (χ0n) is 15.5. The summed E-state index contributed by atoms with van der Waals surface area (Å²) in [6.45, 7) is 3.42. The van der Waals surface area contributed by atoms with Crippen molar-refractivity contribution in [3.63, 3.8) is 0 Å². The van der Waals surface area contributed by atoms with E-state index in [0.717, 1.165) is 17.3 Å². The van der Waals surface area contributed by atoms with Crippen LogP contribution in [0.25, 0.3) is 16.6 Å². The Balaban J connectivity index is 2.14. The summed E-state index contributed by atoms with van der Waals surface area (Å²) in [6, 6.07) is 16.4. The number of carbonyl (C=O) groups is 1. The number of nitrogens with zero attached hydrogens (tertiary/aromatic N) is 3. The van der Waals surface area contributed by atoms with Crippen molar-refractivity contribution in [1.82, 2.24) is 9.55 Å². The summed E-state index contributed by atoms with van der Waals surface area (Å²) in [5.74, 6) is -0.445. The van der Waals surface area contributed by atoms with Crippen LogP contribution in [0.2, 0.25) is 0 Å². The van der Waals surface area contributed by atoms with Gasteiger partial charge in [-0.1, -0.05) is 42.1 Å². The molecule has 0 saturated heterocycles. The molecular formula is C21H18N4O2S. The number of aromatic nitrogens is 2. The number of nitrogens with two attached hydrogens (primary N) is 1. The maximum atomic E-state index is 13.2. The van der Waals surface area contributed by atoms with E-state index in [1.165, 1.54) is 11.5 Å². The molecule has 0 radical (unpaired) electrons. The highest BCUT2D eigenvalue weighted by Crippen LogP contribution is 2.23. The number of fused-ring (bicyclic) bond motifs is 1. The van der Waals surface area contributed by atoms with Gasteiger partial charge in [-0.3, -0.25) is 14.2 Å². The van der Waals surface area contributed by atoms with E-state index in [1.807, 2.05) is 37.3 Å². The summed E-state index contributed by atoms with van der Waals surface area (Å²) < 4.78 is 1.51. The summed E-state index contributed by atoms with van der Waals surface area (Å²) in [5.41, 5.74) is 7.67. The molecule has 0 aliphatic carbocycles. The van der Waals surface area contributed by atoms with E-state index >= 15 is 0 Å². The van der Waals surface area contributed by atoms with Crippen molar-refractivity contribution in [3.8, 4) is 11.8 Å². The molecule has 0 atom stereocenters. The van der Waals surface area contributed by atoms with E-state index in [1.54, 1.807) is 24.3 Å². The number of nitriles is 1. The predicted octanol–water partition coefficient (Wildman–Crippen LogP) is 3.11. The van der Waals surface area contributed by atoms with Crippen LogP contribution in [-0.2, 0) is 4.79 Å². The number of carbonyl (C=O) groups excluding carboxylic acids is 1. The second-order valence-electron chi connectivity index (χ2n) is 6.22. The Morgan fingerprint density at radius 1 is 1.21 bits per heavy atom. The molecule has 0 fully saturated rings. The van der Waals surface area contributed by atoms with Crippen molar-refractivity contribution in [3.05, 3.63) is 75.7 Å². The first-order valence-electron chi connectivity index (χ1n) is 8.54. The number of hydrogen-bond acceptors (Lipinski definition) is 6. The van der Waals surface area contributed by atoms with Crippen LogP contribution in [0.5, 0.6) is 0 Å². The molecule has 1 heterocycles. The maximum absolute atomic E-state index is 13.2. The number of aryl methyl sites for hydroxylation is 1. The second kappa shape index (κ2) is 8.11. The van der Waals surface area contributed by atoms with Crippen LogP contribution in [-0.4, -0.2) is 21.1 Å². The normalized spacial score (nSPS) is 11.8. The van der Waals surface area contributed by atoms with E-state index in [0.29, 0.717) is 21.7 Å². The molecule has 1 aromatic heterocycles. The molecule has 28 heavy (non-hydrogen) atoms. The lowest BCUT2D eigenvalue weighted by Crippen LogP contribution is -2.23. The first-order valence-corrected chi connectivity index (χ1v) is 9.53. The quantitative estimate of drug-likeness (QED) is 0.311. The molecule has 0 amide bonds. The highest BCUT2D eigenvalue weighted by molar-refractivity contribution is 7.99. The number of rotatable bonds is 5. The Bertz CT molecular complexity index is 1200. The Hall–Kier alpha value is -3.37. The molecule has 0 aliphatic rings. The molecule has 6 nitrogen and oxygen atoms in total. The lowest BCUT2D eigenvalue weighted by atomic mass is 10.2. The number of thioether (sulfide) groups is 1. The van der Waals surface area contributed by atoms with Gasteiger partial charge in [0.1, 0.15) is 11.6 Å². The molecular weight excluding hydrogens is 372 g/mol. The fourth-order valence-corrected chi connectivity index (χ4v) is 3.69. The third kappa shape index (κ3) is 3.68. The van der Waals surface area contributed by atoms with E-state index in [-0.39, 0.29) is 22.6 Å². The van der Waals surface area contributed by atoms with Gasteiger partial charge in [-0.25, -0.2) is 4.98 Å². The Morgan fingerprint density at radius 2 is 1.89 bits per heavy atom. The summed E-state index contributed by atoms with van der Waals surface area (Å²) in [7, 11) is 0. The summed E-state index contributed by atoms with van der Waals surface area (Å²) >= 11 is 1.11. The van der Waals surface area contributed by atoms with Gasteiger partial charge in [-0.2, -0.15) is 5.26 Å². The lowest BCUT2D eigenvalue weighted by molar-refractivity contribution is -0.112. The van der Waals surface area contributed by atoms with Crippen LogP contribution in [0.3, 0.4) is 0 Å². The van der Waals surface area contributed by atoms with Gasteiger partial charge >= 0.3 is 0 Å². The minimum Gasteiger partial charge on any atom is -0.401 e. The topological polar surface area (TPSA) is 102 Å². The van der Waals surface area contributed by atoms with Crippen molar-refractivity contribution >= 4 is 28.4 Å². The van der Waals surface area contributed by atoms with Gasteiger partial charge in [0.25, 0.3) is 5.56 Å². The van der Waals surface area contributed by atoms with Crippen molar-refractivity contribution in [2.24, 2.45) is 5.73 Å². The van der Waals surface area contributed by atoms with Gasteiger partial charge in [0, 0.05) is 5.70 Å². The molecule has 0 saturated carbocycles. The Labute approximate surface area is 166 Å². The minimum atomic E-state index is -0.397. The summed E-state index contributed by atoms with van der Waals surface area (Å²) in [5, 5.41) is 10.0. The van der Waals surface area contributed by atoms with Crippen molar-refractivity contribution in [2.75, 3.05) is 5.75 Å². The highest BCUT2D eigenvalue weighted by Gasteiger charge is 2.18. The number of allylic oxidation sites excluding steroid dienone is 2. The van der Waals surface area contributed by atoms with Crippen LogP contribution >= 0.6 is 11.8 Å². The third-order valence-corrected chi connectivity index (χ3v) is 5.16. The fraction of sp³-hybridized carbons (Fsp3) is 0.143. The molecule has 0 aliphatic heterocycles. The molecule has 0 bridgehead atoms. The molecule has 3 rings (SSSR count). The third-order valence-electron chi connectivity index (χ3n) is 4.22. The van der Waals surface area contributed by atoms with E-state index in [4.69, 9.17) is 11.0 Å². The van der Waals surface area contributed by atoms with Crippen LogP contribution in [0.1, 0.15) is 12.5 Å². The fourth-order valence-electron chi connectivity index (χ4n) is 2.81. The van der Waals surface area contributed by atoms with Gasteiger partial charge < -0.3 is 5.73 Å². The molecule has 140 valence electrons. The van der Waals surface area contributed by atoms with E-state index in [2.05, 4.69) is 4.98 Å². The van der Waals surface area contributed by atoms with Crippen molar-refractivity contribution < 1.29 is 4.79 Å². The Kier molecular flexibility index (Phi) is 5.62. The number of para-hydroxylation sites is 2. The van der Waals surface area contributed by atoms with Crippen LogP contribution in [0.15, 0.2) is 69.8 Å². The average Bonchev–Trinajstić information content (AvgIpc) is 2.68. The van der Waals surface area contributed by atoms with Crippen molar-refractivity contribution in [2.45, 2.75) is 19.0 Å². The van der Waals surface area contributed by atoms with Crippen LogP contribution < -0.4 is 11.3 Å². The van der Waals surface area contributed by atoms with Crippen molar-refractivity contribution in [1.29, 1.82) is 5.26 Å². The molecule has 7 heteroatoms. The molecule has 0 spiro atoms. The van der Waals surface area contributed by atoms with Gasteiger partial charge in [-0.15, -0.1) is 0 Å². The smallest absolute Gasteiger partial charge is 0.266 e. The average molecular weight is 390 g/mol. The molecule has 0 unspecified atom stereocenters.